The average Bonchev–Trinajstić information content (AvgIpc) is 3.12. The second kappa shape index (κ2) is 6.86. The highest BCUT2D eigenvalue weighted by Gasteiger charge is 2.19. The molecular weight excluding hydrogens is 338 g/mol. The molecule has 0 fully saturated rings. The maximum atomic E-state index is 12.4. The molecule has 0 N–H and O–H groups in total. The summed E-state index contributed by atoms with van der Waals surface area (Å²) in [4.78, 5) is 4.30. The summed E-state index contributed by atoms with van der Waals surface area (Å²) in [6.07, 6.45) is 0. The number of hydrogen-bond acceptors (Lipinski definition) is 7. The lowest BCUT2D eigenvalue weighted by Gasteiger charge is -2.04. The minimum atomic E-state index is -3.31. The molecular formula is C15H17NO5S2. The molecule has 0 bridgehead atoms. The van der Waals surface area contributed by atoms with Crippen LogP contribution in [0.25, 0.3) is 0 Å². The molecule has 0 radical (unpaired) electrons. The van der Waals surface area contributed by atoms with Crippen LogP contribution in [0.1, 0.15) is 23.2 Å². The molecule has 0 saturated heterocycles. The van der Waals surface area contributed by atoms with Crippen LogP contribution in [0, 0.1) is 0 Å². The van der Waals surface area contributed by atoms with E-state index in [9.17, 15) is 8.42 Å². The average molecular weight is 355 g/mol. The predicted octanol–water partition coefficient (Wildman–Crippen LogP) is 2.52. The van der Waals surface area contributed by atoms with E-state index in [2.05, 4.69) is 4.98 Å². The Balaban J connectivity index is 1.66. The van der Waals surface area contributed by atoms with Gasteiger partial charge in [-0.3, -0.25) is 0 Å². The lowest BCUT2D eigenvalue weighted by Crippen LogP contribution is -2.08. The van der Waals surface area contributed by atoms with Gasteiger partial charge in [-0.2, -0.15) is 0 Å². The SMILES string of the molecule is CCOCc1nc(CS(=O)(=O)Cc2ccc3c(c2)OCO3)cs1. The van der Waals surface area contributed by atoms with Gasteiger partial charge in [0.25, 0.3) is 0 Å². The molecule has 6 nitrogen and oxygen atoms in total. The fraction of sp³-hybridized carbons (Fsp3) is 0.400. The van der Waals surface area contributed by atoms with Crippen LogP contribution in [0.5, 0.6) is 11.5 Å². The van der Waals surface area contributed by atoms with Gasteiger partial charge in [0.1, 0.15) is 5.01 Å². The van der Waals surface area contributed by atoms with E-state index in [0.29, 0.717) is 36.0 Å². The van der Waals surface area contributed by atoms with Crippen LogP contribution < -0.4 is 9.47 Å². The first-order chi connectivity index (χ1) is 11.1. The summed E-state index contributed by atoms with van der Waals surface area (Å²) in [5.41, 5.74) is 1.24. The number of aromatic nitrogens is 1. The van der Waals surface area contributed by atoms with E-state index in [1.54, 1.807) is 23.6 Å². The first-order valence-corrected chi connectivity index (χ1v) is 9.86. The first kappa shape index (κ1) is 16.2. The summed E-state index contributed by atoms with van der Waals surface area (Å²) in [6, 6.07) is 5.18. The van der Waals surface area contributed by atoms with Crippen molar-refractivity contribution in [2.24, 2.45) is 0 Å². The van der Waals surface area contributed by atoms with Crippen molar-refractivity contribution >= 4 is 21.2 Å². The molecule has 8 heteroatoms. The van der Waals surface area contributed by atoms with Crippen LogP contribution in [-0.2, 0) is 32.7 Å². The van der Waals surface area contributed by atoms with Crippen molar-refractivity contribution in [3.63, 3.8) is 0 Å². The first-order valence-electron chi connectivity index (χ1n) is 7.16. The van der Waals surface area contributed by atoms with Crippen LogP contribution in [0.3, 0.4) is 0 Å². The molecule has 0 amide bonds. The lowest BCUT2D eigenvalue weighted by atomic mass is 10.2. The molecule has 0 aliphatic carbocycles. The highest BCUT2D eigenvalue weighted by molar-refractivity contribution is 7.89. The van der Waals surface area contributed by atoms with Crippen LogP contribution in [0.4, 0.5) is 0 Å². The summed E-state index contributed by atoms with van der Waals surface area (Å²) in [5.74, 6) is 1.10. The van der Waals surface area contributed by atoms with Crippen molar-refractivity contribution in [3.8, 4) is 11.5 Å². The van der Waals surface area contributed by atoms with Gasteiger partial charge in [0.15, 0.2) is 21.3 Å². The maximum Gasteiger partial charge on any atom is 0.231 e. The Morgan fingerprint density at radius 2 is 2.09 bits per heavy atom. The summed E-state index contributed by atoms with van der Waals surface area (Å²) in [7, 11) is -3.31. The Morgan fingerprint density at radius 1 is 1.26 bits per heavy atom. The molecule has 2 aromatic rings. The van der Waals surface area contributed by atoms with E-state index >= 15 is 0 Å². The molecule has 0 unspecified atom stereocenters. The molecule has 0 spiro atoms. The molecule has 0 saturated carbocycles. The van der Waals surface area contributed by atoms with Gasteiger partial charge in [-0.15, -0.1) is 11.3 Å². The molecule has 3 rings (SSSR count). The van der Waals surface area contributed by atoms with E-state index in [4.69, 9.17) is 14.2 Å². The third-order valence-corrected chi connectivity index (χ3v) is 5.60. The monoisotopic (exact) mass is 355 g/mol. The minimum Gasteiger partial charge on any atom is -0.454 e. The predicted molar refractivity (Wildman–Crippen MR) is 86.3 cm³/mol. The molecule has 1 aromatic heterocycles. The zero-order valence-corrected chi connectivity index (χ0v) is 14.3. The third-order valence-electron chi connectivity index (χ3n) is 3.22. The van der Waals surface area contributed by atoms with E-state index in [0.717, 1.165) is 5.01 Å². The number of sulfone groups is 1. The van der Waals surface area contributed by atoms with Crippen molar-refractivity contribution < 1.29 is 22.6 Å². The molecule has 1 aliphatic heterocycles. The summed E-state index contributed by atoms with van der Waals surface area (Å²) < 4.78 is 40.5. The number of thiazole rings is 1. The van der Waals surface area contributed by atoms with Crippen LogP contribution in [0.15, 0.2) is 23.6 Å². The number of ether oxygens (including phenoxy) is 3. The molecule has 1 aliphatic rings. The van der Waals surface area contributed by atoms with Gasteiger partial charge in [-0.25, -0.2) is 13.4 Å². The van der Waals surface area contributed by atoms with Gasteiger partial charge >= 0.3 is 0 Å². The second-order valence-electron chi connectivity index (χ2n) is 5.09. The van der Waals surface area contributed by atoms with Crippen molar-refractivity contribution in [1.29, 1.82) is 0 Å². The third kappa shape index (κ3) is 4.21. The number of benzene rings is 1. The molecule has 1 aromatic carbocycles. The van der Waals surface area contributed by atoms with Crippen molar-refractivity contribution in [2.75, 3.05) is 13.4 Å². The summed E-state index contributed by atoms with van der Waals surface area (Å²) >= 11 is 1.42. The summed E-state index contributed by atoms with van der Waals surface area (Å²) in [5, 5.41) is 2.56. The van der Waals surface area contributed by atoms with Gasteiger partial charge < -0.3 is 14.2 Å². The van der Waals surface area contributed by atoms with Crippen LogP contribution in [0.2, 0.25) is 0 Å². The highest BCUT2D eigenvalue weighted by Crippen LogP contribution is 2.33. The van der Waals surface area contributed by atoms with Gasteiger partial charge in [0, 0.05) is 12.0 Å². The van der Waals surface area contributed by atoms with Gasteiger partial charge in [-0.05, 0) is 24.6 Å². The maximum absolute atomic E-state index is 12.4. The zero-order chi connectivity index (χ0) is 16.3. The zero-order valence-electron chi connectivity index (χ0n) is 12.6. The lowest BCUT2D eigenvalue weighted by molar-refractivity contribution is 0.134. The summed E-state index contributed by atoms with van der Waals surface area (Å²) in [6.45, 7) is 3.11. The molecule has 124 valence electrons. The van der Waals surface area contributed by atoms with E-state index in [1.807, 2.05) is 6.92 Å². The quantitative estimate of drug-likeness (QED) is 0.760. The highest BCUT2D eigenvalue weighted by atomic mass is 32.2. The number of hydrogen-bond donors (Lipinski definition) is 0. The Morgan fingerprint density at radius 3 is 2.91 bits per heavy atom. The fourth-order valence-corrected chi connectivity index (χ4v) is 4.45. The molecule has 0 atom stereocenters. The van der Waals surface area contributed by atoms with Crippen molar-refractivity contribution in [2.45, 2.75) is 25.0 Å². The normalized spacial score (nSPS) is 13.4. The second-order valence-corrected chi connectivity index (χ2v) is 8.10. The standard InChI is InChI=1S/C15H17NO5S2/c1-2-19-6-15-16-12(7-22-15)9-23(17,18)8-11-3-4-13-14(5-11)21-10-20-13/h3-5,7H,2,6,8-10H2,1H3. The number of fused-ring (bicyclic) bond motifs is 1. The van der Waals surface area contributed by atoms with E-state index in [1.165, 1.54) is 11.3 Å². The van der Waals surface area contributed by atoms with Crippen molar-refractivity contribution in [1.82, 2.24) is 4.98 Å². The van der Waals surface area contributed by atoms with Gasteiger partial charge in [0.2, 0.25) is 6.79 Å². The van der Waals surface area contributed by atoms with Crippen molar-refractivity contribution in [3.05, 3.63) is 39.8 Å². The fourth-order valence-electron chi connectivity index (χ4n) is 2.23. The smallest absolute Gasteiger partial charge is 0.231 e. The minimum absolute atomic E-state index is 0.0536. The molecule has 2 heterocycles. The van der Waals surface area contributed by atoms with Crippen LogP contribution in [-0.4, -0.2) is 26.8 Å². The van der Waals surface area contributed by atoms with Crippen LogP contribution >= 0.6 is 11.3 Å². The Kier molecular flexibility index (Phi) is 4.84. The largest absolute Gasteiger partial charge is 0.454 e. The Hall–Kier alpha value is -1.64. The Bertz CT molecular complexity index is 785. The topological polar surface area (TPSA) is 74.7 Å². The van der Waals surface area contributed by atoms with Gasteiger partial charge in [0.05, 0.1) is 23.8 Å². The Labute approximate surface area is 138 Å². The van der Waals surface area contributed by atoms with Gasteiger partial charge in [-0.1, -0.05) is 6.07 Å². The molecule has 23 heavy (non-hydrogen) atoms. The number of nitrogens with zero attached hydrogens (tertiary/aromatic N) is 1. The van der Waals surface area contributed by atoms with E-state index < -0.39 is 9.84 Å². The van der Waals surface area contributed by atoms with E-state index in [-0.39, 0.29) is 18.3 Å². The number of rotatable bonds is 7.